The molecule has 2 atom stereocenters. The molecule has 1 spiro atoms. The number of hydrogen-bond donors (Lipinski definition) is 1. The zero-order chi connectivity index (χ0) is 13.3. The van der Waals surface area contributed by atoms with Gasteiger partial charge in [-0.1, -0.05) is 30.3 Å². The van der Waals surface area contributed by atoms with Crippen molar-refractivity contribution < 1.29 is 9.53 Å². The molecular weight excluding hydrogens is 240 g/mol. The van der Waals surface area contributed by atoms with Crippen LogP contribution in [-0.4, -0.2) is 30.6 Å². The zero-order valence-electron chi connectivity index (χ0n) is 11.0. The van der Waals surface area contributed by atoms with Gasteiger partial charge in [0.05, 0.1) is 0 Å². The van der Waals surface area contributed by atoms with Gasteiger partial charge >= 0.3 is 6.09 Å². The summed E-state index contributed by atoms with van der Waals surface area (Å²) in [6, 6.07) is 9.78. The van der Waals surface area contributed by atoms with E-state index in [-0.39, 0.29) is 6.09 Å². The standard InChI is InChI=1S/C15H20N2O2/c16-9-13-8-15(13)6-7-17(11-15)14(18)19-10-12-4-2-1-3-5-12/h1-5,13H,6-11,16H2. The number of hydrogen-bond acceptors (Lipinski definition) is 3. The molecule has 2 fully saturated rings. The second-order valence-corrected chi connectivity index (χ2v) is 5.71. The molecule has 0 bridgehead atoms. The van der Waals surface area contributed by atoms with Crippen LogP contribution in [0.15, 0.2) is 30.3 Å². The fraction of sp³-hybridized carbons (Fsp3) is 0.533. The van der Waals surface area contributed by atoms with Crippen molar-refractivity contribution in [1.82, 2.24) is 4.90 Å². The third kappa shape index (κ3) is 2.45. The quantitative estimate of drug-likeness (QED) is 0.904. The molecule has 1 aromatic carbocycles. The summed E-state index contributed by atoms with van der Waals surface area (Å²) in [7, 11) is 0. The van der Waals surface area contributed by atoms with Crippen molar-refractivity contribution in [1.29, 1.82) is 0 Å². The van der Waals surface area contributed by atoms with Crippen molar-refractivity contribution in [3.63, 3.8) is 0 Å². The fourth-order valence-electron chi connectivity index (χ4n) is 3.13. The first-order valence-electron chi connectivity index (χ1n) is 6.89. The summed E-state index contributed by atoms with van der Waals surface area (Å²) in [5.74, 6) is 0.611. The highest BCUT2D eigenvalue weighted by molar-refractivity contribution is 5.68. The van der Waals surface area contributed by atoms with Gasteiger partial charge in [0.2, 0.25) is 0 Å². The highest BCUT2D eigenvalue weighted by Gasteiger charge is 2.57. The van der Waals surface area contributed by atoms with Crippen LogP contribution in [0.1, 0.15) is 18.4 Å². The first-order valence-corrected chi connectivity index (χ1v) is 6.89. The molecule has 2 unspecified atom stereocenters. The van der Waals surface area contributed by atoms with Gasteiger partial charge in [-0.05, 0) is 36.3 Å². The Morgan fingerprint density at radius 3 is 2.89 bits per heavy atom. The Balaban J connectivity index is 1.50. The third-order valence-electron chi connectivity index (χ3n) is 4.49. The maximum atomic E-state index is 12.0. The molecule has 2 N–H and O–H groups in total. The van der Waals surface area contributed by atoms with E-state index in [0.29, 0.717) is 17.9 Å². The summed E-state index contributed by atoms with van der Waals surface area (Å²) in [5, 5.41) is 0. The molecule has 1 aromatic rings. The molecule has 1 aliphatic heterocycles. The van der Waals surface area contributed by atoms with Gasteiger partial charge in [0.25, 0.3) is 0 Å². The van der Waals surface area contributed by atoms with Gasteiger partial charge in [-0.15, -0.1) is 0 Å². The summed E-state index contributed by atoms with van der Waals surface area (Å²) in [4.78, 5) is 13.8. The molecule has 102 valence electrons. The number of rotatable bonds is 3. The largest absolute Gasteiger partial charge is 0.445 e. The van der Waals surface area contributed by atoms with E-state index in [1.165, 1.54) is 6.42 Å². The molecule has 3 rings (SSSR count). The Morgan fingerprint density at radius 1 is 1.42 bits per heavy atom. The number of likely N-dealkylation sites (tertiary alicyclic amines) is 1. The van der Waals surface area contributed by atoms with E-state index in [4.69, 9.17) is 10.5 Å². The molecule has 1 amide bonds. The molecule has 1 heterocycles. The van der Waals surface area contributed by atoms with Gasteiger partial charge in [-0.2, -0.15) is 0 Å². The van der Waals surface area contributed by atoms with Crippen LogP contribution in [0, 0.1) is 11.3 Å². The Kier molecular flexibility index (Phi) is 3.19. The van der Waals surface area contributed by atoms with Crippen LogP contribution in [0.3, 0.4) is 0 Å². The molecule has 1 saturated heterocycles. The minimum Gasteiger partial charge on any atom is -0.445 e. The van der Waals surface area contributed by atoms with Crippen LogP contribution >= 0.6 is 0 Å². The second kappa shape index (κ2) is 4.85. The van der Waals surface area contributed by atoms with Crippen molar-refractivity contribution in [3.8, 4) is 0 Å². The highest BCUT2D eigenvalue weighted by Crippen LogP contribution is 2.57. The zero-order valence-corrected chi connectivity index (χ0v) is 11.0. The minimum atomic E-state index is -0.191. The maximum Gasteiger partial charge on any atom is 0.410 e. The summed E-state index contributed by atoms with van der Waals surface area (Å²) >= 11 is 0. The van der Waals surface area contributed by atoms with Crippen molar-refractivity contribution in [2.75, 3.05) is 19.6 Å². The molecule has 1 saturated carbocycles. The average molecular weight is 260 g/mol. The number of amides is 1. The van der Waals surface area contributed by atoms with Crippen LogP contribution in [0.4, 0.5) is 4.79 Å². The molecule has 0 aromatic heterocycles. The normalized spacial score (nSPS) is 28.7. The van der Waals surface area contributed by atoms with Gasteiger partial charge in [0, 0.05) is 13.1 Å². The Hall–Kier alpha value is -1.55. The Morgan fingerprint density at radius 2 is 2.21 bits per heavy atom. The van der Waals surface area contributed by atoms with E-state index >= 15 is 0 Å². The van der Waals surface area contributed by atoms with E-state index < -0.39 is 0 Å². The van der Waals surface area contributed by atoms with Crippen LogP contribution in [0.2, 0.25) is 0 Å². The number of carbonyl (C=O) groups is 1. The summed E-state index contributed by atoms with van der Waals surface area (Å²) < 4.78 is 5.36. The van der Waals surface area contributed by atoms with Gasteiger partial charge in [-0.3, -0.25) is 0 Å². The van der Waals surface area contributed by atoms with Crippen LogP contribution in [-0.2, 0) is 11.3 Å². The van der Waals surface area contributed by atoms with Gasteiger partial charge < -0.3 is 15.4 Å². The molecule has 1 aliphatic carbocycles. The van der Waals surface area contributed by atoms with Gasteiger partial charge in [0.1, 0.15) is 6.61 Å². The van der Waals surface area contributed by atoms with E-state index in [9.17, 15) is 4.79 Å². The van der Waals surface area contributed by atoms with E-state index in [2.05, 4.69) is 0 Å². The molecular formula is C15H20N2O2. The number of nitrogens with zero attached hydrogens (tertiary/aromatic N) is 1. The first-order chi connectivity index (χ1) is 9.23. The van der Waals surface area contributed by atoms with Crippen LogP contribution in [0.5, 0.6) is 0 Å². The third-order valence-corrected chi connectivity index (χ3v) is 4.49. The minimum absolute atomic E-state index is 0.191. The summed E-state index contributed by atoms with van der Waals surface area (Å²) in [6.45, 7) is 2.73. The van der Waals surface area contributed by atoms with Crippen LogP contribution in [0.25, 0.3) is 0 Å². The Labute approximate surface area is 113 Å². The lowest BCUT2D eigenvalue weighted by molar-refractivity contribution is 0.102. The van der Waals surface area contributed by atoms with Crippen LogP contribution < -0.4 is 5.73 Å². The first kappa shape index (κ1) is 12.5. The van der Waals surface area contributed by atoms with Gasteiger partial charge in [-0.25, -0.2) is 4.79 Å². The number of benzene rings is 1. The predicted molar refractivity (Wildman–Crippen MR) is 72.4 cm³/mol. The lowest BCUT2D eigenvalue weighted by Gasteiger charge is -2.16. The summed E-state index contributed by atoms with van der Waals surface area (Å²) in [5.41, 5.74) is 7.05. The smallest absolute Gasteiger partial charge is 0.410 e. The van der Waals surface area contributed by atoms with Crippen molar-refractivity contribution in [2.45, 2.75) is 19.4 Å². The molecule has 4 nitrogen and oxygen atoms in total. The fourth-order valence-corrected chi connectivity index (χ4v) is 3.13. The number of carbonyl (C=O) groups excluding carboxylic acids is 1. The molecule has 19 heavy (non-hydrogen) atoms. The van der Waals surface area contributed by atoms with E-state index in [0.717, 1.165) is 31.6 Å². The second-order valence-electron chi connectivity index (χ2n) is 5.71. The van der Waals surface area contributed by atoms with Crippen molar-refractivity contribution >= 4 is 6.09 Å². The SMILES string of the molecule is NCC1CC12CCN(C(=O)OCc1ccccc1)C2. The van der Waals surface area contributed by atoms with Gasteiger partial charge in [0.15, 0.2) is 0 Å². The Bertz CT molecular complexity index is 462. The number of ether oxygens (including phenoxy) is 1. The lowest BCUT2D eigenvalue weighted by atomic mass is 10.0. The maximum absolute atomic E-state index is 12.0. The number of nitrogens with two attached hydrogens (primary N) is 1. The monoisotopic (exact) mass is 260 g/mol. The topological polar surface area (TPSA) is 55.6 Å². The predicted octanol–water partition coefficient (Wildman–Crippen LogP) is 1.99. The lowest BCUT2D eigenvalue weighted by Crippen LogP contribution is -2.30. The van der Waals surface area contributed by atoms with E-state index in [1.807, 2.05) is 35.2 Å². The van der Waals surface area contributed by atoms with Crippen molar-refractivity contribution in [2.24, 2.45) is 17.1 Å². The molecule has 4 heteroatoms. The van der Waals surface area contributed by atoms with E-state index in [1.54, 1.807) is 0 Å². The molecule has 0 radical (unpaired) electrons. The molecule has 2 aliphatic rings. The summed E-state index contributed by atoms with van der Waals surface area (Å²) in [6.07, 6.45) is 2.06. The van der Waals surface area contributed by atoms with Crippen molar-refractivity contribution in [3.05, 3.63) is 35.9 Å². The average Bonchev–Trinajstić information content (AvgIpc) is 2.96. The highest BCUT2D eigenvalue weighted by atomic mass is 16.6.